The summed E-state index contributed by atoms with van der Waals surface area (Å²) in [6.07, 6.45) is -3.60. The highest BCUT2D eigenvalue weighted by molar-refractivity contribution is 6.16. The van der Waals surface area contributed by atoms with E-state index in [-0.39, 0.29) is 17.6 Å². The number of hydrogen-bond donors (Lipinski definition) is 7. The van der Waals surface area contributed by atoms with Crippen molar-refractivity contribution >= 4 is 53.9 Å². The number of halogens is 1. The summed E-state index contributed by atoms with van der Waals surface area (Å²) in [4.78, 5) is 109. The summed E-state index contributed by atoms with van der Waals surface area (Å²) in [7, 11) is 0. The topological polar surface area (TPSA) is 311 Å². The van der Waals surface area contributed by atoms with Gasteiger partial charge in [0.2, 0.25) is 11.8 Å². The van der Waals surface area contributed by atoms with Gasteiger partial charge in [-0.1, -0.05) is 44.2 Å². The number of nitrogens with two attached hydrogens (primary N) is 2. The fraction of sp³-hybridized carbons (Fsp3) is 0.464. The van der Waals surface area contributed by atoms with Crippen molar-refractivity contribution in [2.45, 2.75) is 69.8 Å². The van der Waals surface area contributed by atoms with Crippen LogP contribution in [0, 0.1) is 5.92 Å². The van der Waals surface area contributed by atoms with Crippen molar-refractivity contribution in [2.75, 3.05) is 6.67 Å². The van der Waals surface area contributed by atoms with Crippen LogP contribution in [0.5, 0.6) is 0 Å². The Bertz CT molecular complexity index is 1310. The predicted molar refractivity (Wildman–Crippen MR) is 155 cm³/mol. The molecule has 0 fully saturated rings. The van der Waals surface area contributed by atoms with Crippen molar-refractivity contribution in [1.82, 2.24) is 10.2 Å². The molecule has 1 aromatic rings. The molecule has 4 unspecified atom stereocenters. The van der Waals surface area contributed by atoms with Gasteiger partial charge >= 0.3 is 29.8 Å². The lowest BCUT2D eigenvalue weighted by Gasteiger charge is -2.39. The quantitative estimate of drug-likeness (QED) is 0.0540. The van der Waals surface area contributed by atoms with E-state index in [1.807, 2.05) is 0 Å². The van der Waals surface area contributed by atoms with E-state index in [4.69, 9.17) is 31.2 Å². The minimum atomic E-state index is -3.62. The summed E-state index contributed by atoms with van der Waals surface area (Å²) in [5, 5.41) is 40.0. The second-order valence-electron chi connectivity index (χ2n) is 10.1. The number of carboxylic acids is 4. The first kappa shape index (κ1) is 41.7. The number of alkyl halides is 1. The van der Waals surface area contributed by atoms with Crippen LogP contribution in [0.4, 0.5) is 4.39 Å². The molecule has 0 radical (unpaired) electrons. The molecule has 0 heterocycles. The van der Waals surface area contributed by atoms with Gasteiger partial charge in [-0.25, -0.2) is 14.0 Å². The highest BCUT2D eigenvalue weighted by atomic mass is 19.1. The number of aliphatic carboxylic acids is 4. The molecular weight excluding hydrogens is 635 g/mol. The van der Waals surface area contributed by atoms with E-state index in [1.54, 1.807) is 18.2 Å². The molecule has 19 heteroatoms. The van der Waals surface area contributed by atoms with E-state index >= 15 is 0 Å². The number of imide groups is 1. The van der Waals surface area contributed by atoms with E-state index in [2.05, 4.69) is 5.32 Å². The molecule has 18 nitrogen and oxygen atoms in total. The maximum Gasteiger partial charge on any atom is 0.345 e. The highest BCUT2D eigenvalue weighted by Crippen LogP contribution is 2.28. The van der Waals surface area contributed by atoms with Gasteiger partial charge in [-0.05, 0) is 17.9 Å². The summed E-state index contributed by atoms with van der Waals surface area (Å²) in [6.45, 7) is 1.19. The fourth-order valence-corrected chi connectivity index (χ4v) is 3.81. The Kier molecular flexibility index (Phi) is 17.7. The van der Waals surface area contributed by atoms with Crippen LogP contribution in [0.25, 0.3) is 0 Å². The Morgan fingerprint density at radius 2 is 1.47 bits per heavy atom. The number of ether oxygens (including phenoxy) is 1. The lowest BCUT2D eigenvalue weighted by atomic mass is 9.89. The maximum atomic E-state index is 13.9. The van der Waals surface area contributed by atoms with E-state index in [9.17, 15) is 53.0 Å². The Morgan fingerprint density at radius 1 is 0.915 bits per heavy atom. The SMILES string of the molecule is CC(C)C(NC(=O)C(N)CCC(=O)O)C(=O)N(C(=O)C(N)CC(=O)O)C(CC(=O)O)(C(=O)O)C(=O)OCc1ccccc1.O=CCF. The number of nitrogens with zero attached hydrogens (tertiary/aromatic N) is 1. The summed E-state index contributed by atoms with van der Waals surface area (Å²) in [5.74, 6) is -14.6. The Balaban J connectivity index is 0.00000498. The summed E-state index contributed by atoms with van der Waals surface area (Å²) >= 11 is 0. The van der Waals surface area contributed by atoms with Gasteiger partial charge in [0.1, 0.15) is 19.3 Å². The standard InChI is InChI=1S/C26H34N4O13.C2H3FO/c1-13(2)20(29-21(37)15(27)8-9-17(31)32)23(39)30(22(38)16(28)10-18(33)34)26(24(40)41,11-19(35)36)25(42)43-12-14-6-4-3-5-7-14;3-1-2-4/h3-7,13,15-16,20H,8-12,27-28H2,1-2H3,(H,29,37)(H,31,32)(H,33,34)(H,35,36)(H,40,41);2H,1H2. The smallest absolute Gasteiger partial charge is 0.345 e. The van der Waals surface area contributed by atoms with Crippen LogP contribution in [0.2, 0.25) is 0 Å². The van der Waals surface area contributed by atoms with Gasteiger partial charge in [0.25, 0.3) is 11.4 Å². The molecule has 0 aromatic heterocycles. The van der Waals surface area contributed by atoms with E-state index in [0.717, 1.165) is 0 Å². The molecule has 3 amide bonds. The molecule has 0 spiro atoms. The molecule has 1 aromatic carbocycles. The average molecular weight is 673 g/mol. The number of carbonyl (C=O) groups is 9. The molecule has 1 rings (SSSR count). The van der Waals surface area contributed by atoms with Gasteiger partial charge in [-0.2, -0.15) is 0 Å². The predicted octanol–water partition coefficient (Wildman–Crippen LogP) is -1.33. The number of carboxylic acid groups (broad SMARTS) is 4. The third-order valence-corrected chi connectivity index (χ3v) is 6.14. The zero-order valence-electron chi connectivity index (χ0n) is 25.4. The monoisotopic (exact) mass is 672 g/mol. The third kappa shape index (κ3) is 12.9. The molecular formula is C28H37FN4O14. The van der Waals surface area contributed by atoms with Crippen molar-refractivity contribution in [3.8, 4) is 0 Å². The summed E-state index contributed by atoms with van der Waals surface area (Å²) in [5.41, 5.74) is 8.06. The van der Waals surface area contributed by atoms with Crippen LogP contribution in [-0.2, 0) is 54.5 Å². The molecule has 0 saturated carbocycles. The largest absolute Gasteiger partial charge is 0.481 e. The van der Waals surface area contributed by atoms with E-state index < -0.39 is 110 Å². The molecule has 0 saturated heterocycles. The molecule has 260 valence electrons. The molecule has 0 bridgehead atoms. The number of benzene rings is 1. The molecule has 4 atom stereocenters. The molecule has 47 heavy (non-hydrogen) atoms. The van der Waals surface area contributed by atoms with Gasteiger partial charge < -0.3 is 46.7 Å². The van der Waals surface area contributed by atoms with Gasteiger partial charge in [-0.3, -0.25) is 33.7 Å². The van der Waals surface area contributed by atoms with Crippen LogP contribution in [0.3, 0.4) is 0 Å². The second kappa shape index (κ2) is 20.0. The summed E-state index contributed by atoms with van der Waals surface area (Å²) in [6, 6.07) is 2.16. The number of nitrogens with one attached hydrogen (secondary N) is 1. The maximum absolute atomic E-state index is 13.9. The van der Waals surface area contributed by atoms with Crippen LogP contribution in [0.1, 0.15) is 45.1 Å². The van der Waals surface area contributed by atoms with E-state index in [1.165, 1.54) is 26.0 Å². The van der Waals surface area contributed by atoms with E-state index in [0.29, 0.717) is 5.56 Å². The van der Waals surface area contributed by atoms with Crippen LogP contribution < -0.4 is 16.8 Å². The second-order valence-corrected chi connectivity index (χ2v) is 10.1. The Labute approximate surface area is 266 Å². The highest BCUT2D eigenvalue weighted by Gasteiger charge is 2.60. The first-order valence-corrected chi connectivity index (χ1v) is 13.7. The first-order chi connectivity index (χ1) is 21.9. The molecule has 0 aliphatic rings. The van der Waals surface area contributed by atoms with Crippen LogP contribution in [0.15, 0.2) is 30.3 Å². The third-order valence-electron chi connectivity index (χ3n) is 6.14. The zero-order chi connectivity index (χ0) is 36.5. The lowest BCUT2D eigenvalue weighted by molar-refractivity contribution is -0.185. The van der Waals surface area contributed by atoms with Crippen LogP contribution in [-0.4, -0.2) is 110 Å². The molecule has 0 aliphatic heterocycles. The number of hydrogen-bond acceptors (Lipinski definition) is 12. The first-order valence-electron chi connectivity index (χ1n) is 13.7. The fourth-order valence-electron chi connectivity index (χ4n) is 3.81. The van der Waals surface area contributed by atoms with Crippen LogP contribution >= 0.6 is 0 Å². The van der Waals surface area contributed by atoms with Gasteiger partial charge in [0.05, 0.1) is 24.9 Å². The van der Waals surface area contributed by atoms with Crippen molar-refractivity contribution in [3.05, 3.63) is 35.9 Å². The van der Waals surface area contributed by atoms with Gasteiger partial charge in [0.15, 0.2) is 6.29 Å². The number of carbonyl (C=O) groups excluding carboxylic acids is 5. The van der Waals surface area contributed by atoms with Crippen molar-refractivity contribution < 1.29 is 72.7 Å². The minimum absolute atomic E-state index is 0.208. The number of aldehydes is 1. The Hall–Kier alpha value is -5.30. The molecule has 9 N–H and O–H groups in total. The number of esters is 1. The minimum Gasteiger partial charge on any atom is -0.481 e. The zero-order valence-corrected chi connectivity index (χ0v) is 25.4. The van der Waals surface area contributed by atoms with Gasteiger partial charge in [0, 0.05) is 6.42 Å². The lowest BCUT2D eigenvalue weighted by Crippen LogP contribution is -2.70. The molecule has 0 aliphatic carbocycles. The van der Waals surface area contributed by atoms with Crippen molar-refractivity contribution in [3.63, 3.8) is 0 Å². The number of rotatable bonds is 18. The van der Waals surface area contributed by atoms with Gasteiger partial charge in [-0.15, -0.1) is 0 Å². The summed E-state index contributed by atoms with van der Waals surface area (Å²) < 4.78 is 15.4. The normalized spacial score (nSPS) is 13.7. The van der Waals surface area contributed by atoms with Crippen molar-refractivity contribution in [2.24, 2.45) is 17.4 Å². The van der Waals surface area contributed by atoms with Crippen molar-refractivity contribution in [1.29, 1.82) is 0 Å². The average Bonchev–Trinajstić information content (AvgIpc) is 3.00. The Morgan fingerprint density at radius 3 is 1.89 bits per heavy atom. The number of amides is 3.